The summed E-state index contributed by atoms with van der Waals surface area (Å²) in [6.45, 7) is 4.78. The van der Waals surface area contributed by atoms with Crippen molar-refractivity contribution in [2.75, 3.05) is 26.7 Å². The average Bonchev–Trinajstić information content (AvgIpc) is 2.48. The molecule has 1 amide bonds. The molecule has 0 bridgehead atoms. The van der Waals surface area contributed by atoms with E-state index in [4.69, 9.17) is 0 Å². The van der Waals surface area contributed by atoms with Crippen LogP contribution in [-0.4, -0.2) is 53.7 Å². The summed E-state index contributed by atoms with van der Waals surface area (Å²) in [5, 5.41) is -0.238. The molecule has 2 unspecified atom stereocenters. The zero-order chi connectivity index (χ0) is 14.5. The largest absolute Gasteiger partial charge is 0.339 e. The Balaban J connectivity index is 1.93. The molecule has 20 heavy (non-hydrogen) atoms. The highest BCUT2D eigenvalue weighted by atomic mass is 32.1. The van der Waals surface area contributed by atoms with E-state index in [9.17, 15) is 4.79 Å². The van der Waals surface area contributed by atoms with Crippen LogP contribution in [0.5, 0.6) is 0 Å². The summed E-state index contributed by atoms with van der Waals surface area (Å²) >= 11 is 4.52. The number of hydrogen-bond acceptors (Lipinski definition) is 3. The SMILES string of the molecule is CCC1CN(C(=O)C(S)Cc2ccccc2)CCN1C. The van der Waals surface area contributed by atoms with Crippen LogP contribution < -0.4 is 0 Å². The van der Waals surface area contributed by atoms with Crippen molar-refractivity contribution < 1.29 is 4.79 Å². The fourth-order valence-corrected chi connectivity index (χ4v) is 3.10. The van der Waals surface area contributed by atoms with Crippen molar-refractivity contribution in [3.63, 3.8) is 0 Å². The Morgan fingerprint density at radius 2 is 2.05 bits per heavy atom. The van der Waals surface area contributed by atoms with E-state index in [-0.39, 0.29) is 11.2 Å². The molecule has 3 nitrogen and oxygen atoms in total. The van der Waals surface area contributed by atoms with E-state index < -0.39 is 0 Å². The van der Waals surface area contributed by atoms with Gasteiger partial charge in [0.25, 0.3) is 0 Å². The molecule has 4 heteroatoms. The van der Waals surface area contributed by atoms with Gasteiger partial charge in [-0.2, -0.15) is 12.6 Å². The summed E-state index contributed by atoms with van der Waals surface area (Å²) in [5.41, 5.74) is 1.17. The smallest absolute Gasteiger partial charge is 0.235 e. The van der Waals surface area contributed by atoms with Gasteiger partial charge < -0.3 is 4.90 Å². The molecule has 2 atom stereocenters. The average molecular weight is 292 g/mol. The van der Waals surface area contributed by atoms with Gasteiger partial charge in [0, 0.05) is 25.7 Å². The molecule has 1 aromatic carbocycles. The molecule has 1 fully saturated rings. The Morgan fingerprint density at radius 1 is 1.35 bits per heavy atom. The molecule has 110 valence electrons. The molecule has 0 aromatic heterocycles. The molecule has 1 aromatic rings. The van der Waals surface area contributed by atoms with Gasteiger partial charge in [-0.25, -0.2) is 0 Å². The van der Waals surface area contributed by atoms with Gasteiger partial charge in [-0.05, 0) is 25.5 Å². The topological polar surface area (TPSA) is 23.6 Å². The second kappa shape index (κ2) is 7.14. The molecule has 2 rings (SSSR count). The van der Waals surface area contributed by atoms with Crippen molar-refractivity contribution in [2.24, 2.45) is 0 Å². The van der Waals surface area contributed by atoms with Crippen LogP contribution in [0.3, 0.4) is 0 Å². The number of amides is 1. The third kappa shape index (κ3) is 3.76. The lowest BCUT2D eigenvalue weighted by molar-refractivity contribution is -0.133. The summed E-state index contributed by atoms with van der Waals surface area (Å²) in [7, 11) is 2.14. The van der Waals surface area contributed by atoms with Crippen LogP contribution in [0.4, 0.5) is 0 Å². The summed E-state index contributed by atoms with van der Waals surface area (Å²) in [5.74, 6) is 0.170. The van der Waals surface area contributed by atoms with Gasteiger partial charge in [0.1, 0.15) is 0 Å². The summed E-state index contributed by atoms with van der Waals surface area (Å²) in [4.78, 5) is 16.8. The number of nitrogens with zero attached hydrogens (tertiary/aromatic N) is 2. The molecule has 0 saturated carbocycles. The summed E-state index contributed by atoms with van der Waals surface area (Å²) < 4.78 is 0. The Hall–Kier alpha value is -1.00. The summed E-state index contributed by atoms with van der Waals surface area (Å²) in [6.07, 6.45) is 1.78. The minimum Gasteiger partial charge on any atom is -0.339 e. The van der Waals surface area contributed by atoms with E-state index in [0.29, 0.717) is 12.5 Å². The third-order valence-electron chi connectivity index (χ3n) is 4.12. The molecule has 1 saturated heterocycles. The van der Waals surface area contributed by atoms with Crippen molar-refractivity contribution in [3.8, 4) is 0 Å². The van der Waals surface area contributed by atoms with Crippen LogP contribution >= 0.6 is 12.6 Å². The molecule has 0 spiro atoms. The maximum atomic E-state index is 12.5. The zero-order valence-electron chi connectivity index (χ0n) is 12.3. The number of thiol groups is 1. The number of carbonyl (C=O) groups is 1. The van der Waals surface area contributed by atoms with E-state index >= 15 is 0 Å². The number of hydrogen-bond donors (Lipinski definition) is 1. The van der Waals surface area contributed by atoms with Crippen LogP contribution in [0.1, 0.15) is 18.9 Å². The number of piperazine rings is 1. The minimum absolute atomic E-state index is 0.170. The molecular weight excluding hydrogens is 268 g/mol. The van der Waals surface area contributed by atoms with E-state index in [1.54, 1.807) is 0 Å². The van der Waals surface area contributed by atoms with Crippen molar-refractivity contribution in [2.45, 2.75) is 31.1 Å². The fourth-order valence-electron chi connectivity index (χ4n) is 2.72. The Labute approximate surface area is 127 Å². The first-order chi connectivity index (χ1) is 9.61. The Morgan fingerprint density at radius 3 is 2.70 bits per heavy atom. The first-order valence-electron chi connectivity index (χ1n) is 7.32. The highest BCUT2D eigenvalue weighted by Crippen LogP contribution is 2.15. The fraction of sp³-hybridized carbons (Fsp3) is 0.562. The number of likely N-dealkylation sites (N-methyl/N-ethyl adjacent to an activating group) is 1. The van der Waals surface area contributed by atoms with Crippen molar-refractivity contribution in [1.29, 1.82) is 0 Å². The van der Waals surface area contributed by atoms with Crippen molar-refractivity contribution in [1.82, 2.24) is 9.80 Å². The van der Waals surface area contributed by atoms with Gasteiger partial charge >= 0.3 is 0 Å². The minimum atomic E-state index is -0.238. The van der Waals surface area contributed by atoms with Crippen LogP contribution in [0.2, 0.25) is 0 Å². The highest BCUT2D eigenvalue weighted by Gasteiger charge is 2.28. The second-order valence-electron chi connectivity index (χ2n) is 5.53. The normalized spacial score (nSPS) is 21.8. The van der Waals surface area contributed by atoms with Crippen LogP contribution in [0.25, 0.3) is 0 Å². The Kier molecular flexibility index (Phi) is 5.49. The number of rotatable bonds is 4. The predicted molar refractivity (Wildman–Crippen MR) is 86.2 cm³/mol. The van der Waals surface area contributed by atoms with Gasteiger partial charge in [0.2, 0.25) is 5.91 Å². The molecule has 1 heterocycles. The number of benzene rings is 1. The molecule has 0 radical (unpaired) electrons. The molecule has 1 aliphatic heterocycles. The van der Waals surface area contributed by atoms with Crippen LogP contribution in [0, 0.1) is 0 Å². The maximum absolute atomic E-state index is 12.5. The summed E-state index contributed by atoms with van der Waals surface area (Å²) in [6, 6.07) is 10.6. The molecule has 0 N–H and O–H groups in total. The first kappa shape index (κ1) is 15.4. The van der Waals surface area contributed by atoms with Gasteiger partial charge in [-0.3, -0.25) is 9.69 Å². The molecule has 1 aliphatic rings. The standard InChI is InChI=1S/C16H24N2OS/c1-3-14-12-18(10-9-17(14)2)16(19)15(20)11-13-7-5-4-6-8-13/h4-8,14-15,20H,3,9-12H2,1-2H3. The van der Waals surface area contributed by atoms with E-state index in [2.05, 4.69) is 43.6 Å². The monoisotopic (exact) mass is 292 g/mol. The maximum Gasteiger partial charge on any atom is 0.235 e. The molecule has 0 aliphatic carbocycles. The zero-order valence-corrected chi connectivity index (χ0v) is 13.2. The van der Waals surface area contributed by atoms with Crippen molar-refractivity contribution in [3.05, 3.63) is 35.9 Å². The first-order valence-corrected chi connectivity index (χ1v) is 7.84. The van der Waals surface area contributed by atoms with Gasteiger partial charge in [0.15, 0.2) is 0 Å². The lowest BCUT2D eigenvalue weighted by Gasteiger charge is -2.40. The molecular formula is C16H24N2OS. The van der Waals surface area contributed by atoms with Gasteiger partial charge in [0.05, 0.1) is 5.25 Å². The lowest BCUT2D eigenvalue weighted by atomic mass is 10.1. The van der Waals surface area contributed by atoms with Gasteiger partial charge in [-0.1, -0.05) is 37.3 Å². The number of carbonyl (C=O) groups excluding carboxylic acids is 1. The van der Waals surface area contributed by atoms with Crippen LogP contribution in [-0.2, 0) is 11.2 Å². The predicted octanol–water partition coefficient (Wildman–Crippen LogP) is 2.08. The third-order valence-corrected chi connectivity index (χ3v) is 4.52. The Bertz CT molecular complexity index is 437. The van der Waals surface area contributed by atoms with E-state index in [0.717, 1.165) is 26.1 Å². The second-order valence-corrected chi connectivity index (χ2v) is 6.16. The van der Waals surface area contributed by atoms with Gasteiger partial charge in [-0.15, -0.1) is 0 Å². The lowest BCUT2D eigenvalue weighted by Crippen LogP contribution is -2.54. The quantitative estimate of drug-likeness (QED) is 0.859. The van der Waals surface area contributed by atoms with Crippen molar-refractivity contribution >= 4 is 18.5 Å². The van der Waals surface area contributed by atoms with E-state index in [1.165, 1.54) is 5.56 Å². The van der Waals surface area contributed by atoms with E-state index in [1.807, 2.05) is 23.1 Å². The highest BCUT2D eigenvalue weighted by molar-refractivity contribution is 7.81. The van der Waals surface area contributed by atoms with Crippen LogP contribution in [0.15, 0.2) is 30.3 Å².